The summed E-state index contributed by atoms with van der Waals surface area (Å²) in [6.07, 6.45) is 1.00. The van der Waals surface area contributed by atoms with Crippen molar-refractivity contribution < 1.29 is 9.53 Å². The molecule has 2 aliphatic rings. The SMILES string of the molecule is CC1CC2CN(C(=O)OC(C)(C)C)CC1N2. The first kappa shape index (κ1) is 11.7. The van der Waals surface area contributed by atoms with Crippen molar-refractivity contribution in [3.05, 3.63) is 0 Å². The lowest BCUT2D eigenvalue weighted by Gasteiger charge is -2.34. The number of nitrogens with one attached hydrogen (secondary N) is 1. The van der Waals surface area contributed by atoms with Gasteiger partial charge in [0.1, 0.15) is 5.60 Å². The van der Waals surface area contributed by atoms with E-state index in [1.54, 1.807) is 0 Å². The lowest BCUT2D eigenvalue weighted by molar-refractivity contribution is 0.0185. The first-order valence-electron chi connectivity index (χ1n) is 6.09. The van der Waals surface area contributed by atoms with Crippen LogP contribution < -0.4 is 5.32 Å². The van der Waals surface area contributed by atoms with Crippen molar-refractivity contribution in [2.75, 3.05) is 13.1 Å². The highest BCUT2D eigenvalue weighted by Gasteiger charge is 2.39. The Hall–Kier alpha value is -0.770. The predicted octanol–water partition coefficient (Wildman–Crippen LogP) is 1.60. The standard InChI is InChI=1S/C12H22N2O2/c1-8-5-9-6-14(7-10(8)13-9)11(15)16-12(2,3)4/h8-10,13H,5-7H2,1-4H3. The summed E-state index contributed by atoms with van der Waals surface area (Å²) in [6.45, 7) is 9.54. The van der Waals surface area contributed by atoms with Crippen LogP contribution >= 0.6 is 0 Å². The zero-order valence-corrected chi connectivity index (χ0v) is 10.6. The molecule has 0 aromatic heterocycles. The van der Waals surface area contributed by atoms with Gasteiger partial charge < -0.3 is 15.0 Å². The molecule has 0 aliphatic carbocycles. The molecule has 2 aliphatic heterocycles. The molecule has 3 unspecified atom stereocenters. The summed E-state index contributed by atoms with van der Waals surface area (Å²) in [5.41, 5.74) is -0.396. The Kier molecular flexibility index (Phi) is 2.86. The van der Waals surface area contributed by atoms with Gasteiger partial charge in [0, 0.05) is 25.2 Å². The maximum Gasteiger partial charge on any atom is 0.410 e. The summed E-state index contributed by atoms with van der Waals surface area (Å²) in [7, 11) is 0. The van der Waals surface area contributed by atoms with E-state index in [4.69, 9.17) is 4.74 Å². The fourth-order valence-electron chi connectivity index (χ4n) is 2.56. The molecule has 2 fully saturated rings. The van der Waals surface area contributed by atoms with Crippen LogP contribution in [0.15, 0.2) is 0 Å². The number of piperazine rings is 1. The van der Waals surface area contributed by atoms with Gasteiger partial charge in [-0.3, -0.25) is 0 Å². The highest BCUT2D eigenvalue weighted by molar-refractivity contribution is 5.68. The Labute approximate surface area is 97.3 Å². The molecule has 1 amide bonds. The van der Waals surface area contributed by atoms with E-state index in [1.807, 2.05) is 25.7 Å². The van der Waals surface area contributed by atoms with Crippen molar-refractivity contribution in [2.45, 2.75) is 51.8 Å². The van der Waals surface area contributed by atoms with Crippen molar-refractivity contribution >= 4 is 6.09 Å². The number of nitrogens with zero attached hydrogens (tertiary/aromatic N) is 1. The molecule has 16 heavy (non-hydrogen) atoms. The van der Waals surface area contributed by atoms with Gasteiger partial charge in [-0.05, 0) is 33.1 Å². The summed E-state index contributed by atoms with van der Waals surface area (Å²) in [5, 5.41) is 3.54. The quantitative estimate of drug-likeness (QED) is 0.682. The van der Waals surface area contributed by atoms with Crippen molar-refractivity contribution in [1.29, 1.82) is 0 Å². The topological polar surface area (TPSA) is 41.6 Å². The first-order chi connectivity index (χ1) is 7.35. The molecule has 2 saturated heterocycles. The van der Waals surface area contributed by atoms with Crippen LogP contribution in [0, 0.1) is 5.92 Å². The first-order valence-corrected chi connectivity index (χ1v) is 6.09. The number of carbonyl (C=O) groups is 1. The van der Waals surface area contributed by atoms with Gasteiger partial charge in [-0.2, -0.15) is 0 Å². The Morgan fingerprint density at radius 3 is 2.62 bits per heavy atom. The molecule has 0 radical (unpaired) electrons. The van der Waals surface area contributed by atoms with Crippen LogP contribution in [0.3, 0.4) is 0 Å². The smallest absolute Gasteiger partial charge is 0.410 e. The summed E-state index contributed by atoms with van der Waals surface area (Å²) >= 11 is 0. The number of hydrogen-bond donors (Lipinski definition) is 1. The van der Waals surface area contributed by atoms with Crippen molar-refractivity contribution in [2.24, 2.45) is 5.92 Å². The van der Waals surface area contributed by atoms with Gasteiger partial charge in [0.2, 0.25) is 0 Å². The van der Waals surface area contributed by atoms with Crippen molar-refractivity contribution in [3.8, 4) is 0 Å². The summed E-state index contributed by atoms with van der Waals surface area (Å²) in [5.74, 6) is 0.664. The van der Waals surface area contributed by atoms with Crippen LogP contribution in [-0.2, 0) is 4.74 Å². The molecule has 0 aromatic carbocycles. The van der Waals surface area contributed by atoms with E-state index in [0.29, 0.717) is 18.0 Å². The molecule has 2 bridgehead atoms. The maximum absolute atomic E-state index is 11.9. The predicted molar refractivity (Wildman–Crippen MR) is 62.3 cm³/mol. The fourth-order valence-corrected chi connectivity index (χ4v) is 2.56. The van der Waals surface area contributed by atoms with Crippen molar-refractivity contribution in [1.82, 2.24) is 10.2 Å². The lowest BCUT2D eigenvalue weighted by Crippen LogP contribution is -2.54. The van der Waals surface area contributed by atoms with E-state index in [2.05, 4.69) is 12.2 Å². The van der Waals surface area contributed by atoms with E-state index >= 15 is 0 Å². The van der Waals surface area contributed by atoms with Crippen LogP contribution in [0.5, 0.6) is 0 Å². The molecule has 2 rings (SSSR count). The second-order valence-corrected chi connectivity index (χ2v) is 6.07. The second-order valence-electron chi connectivity index (χ2n) is 6.07. The van der Waals surface area contributed by atoms with Crippen LogP contribution in [0.25, 0.3) is 0 Å². The molecule has 1 N–H and O–H groups in total. The minimum absolute atomic E-state index is 0.168. The Balaban J connectivity index is 1.94. The molecule has 3 atom stereocenters. The van der Waals surface area contributed by atoms with Crippen LogP contribution in [0.2, 0.25) is 0 Å². The highest BCUT2D eigenvalue weighted by atomic mass is 16.6. The van der Waals surface area contributed by atoms with Gasteiger partial charge in [0.05, 0.1) is 0 Å². The second kappa shape index (κ2) is 3.91. The molecule has 2 heterocycles. The third-order valence-electron chi connectivity index (χ3n) is 3.30. The molecule has 92 valence electrons. The average molecular weight is 226 g/mol. The van der Waals surface area contributed by atoms with E-state index in [1.165, 1.54) is 6.42 Å². The molecule has 4 nitrogen and oxygen atoms in total. The Bertz CT molecular complexity index is 283. The van der Waals surface area contributed by atoms with Gasteiger partial charge >= 0.3 is 6.09 Å². The lowest BCUT2D eigenvalue weighted by atomic mass is 10.0. The number of rotatable bonds is 0. The molecule has 4 heteroatoms. The van der Waals surface area contributed by atoms with Crippen LogP contribution in [0.1, 0.15) is 34.1 Å². The Morgan fingerprint density at radius 1 is 1.38 bits per heavy atom. The van der Waals surface area contributed by atoms with E-state index in [9.17, 15) is 4.79 Å². The van der Waals surface area contributed by atoms with E-state index < -0.39 is 5.60 Å². The monoisotopic (exact) mass is 226 g/mol. The van der Waals surface area contributed by atoms with E-state index in [-0.39, 0.29) is 6.09 Å². The van der Waals surface area contributed by atoms with Crippen LogP contribution in [0.4, 0.5) is 4.79 Å². The minimum atomic E-state index is -0.396. The molecule has 0 spiro atoms. The molecular formula is C12H22N2O2. The van der Waals surface area contributed by atoms with Gasteiger partial charge in [0.25, 0.3) is 0 Å². The van der Waals surface area contributed by atoms with Gasteiger partial charge in [-0.1, -0.05) is 6.92 Å². The molecule has 0 aromatic rings. The molecular weight excluding hydrogens is 204 g/mol. The van der Waals surface area contributed by atoms with Gasteiger partial charge in [-0.15, -0.1) is 0 Å². The third-order valence-corrected chi connectivity index (χ3v) is 3.30. The third kappa shape index (κ3) is 2.48. The zero-order chi connectivity index (χ0) is 11.9. The number of hydrogen-bond acceptors (Lipinski definition) is 3. The van der Waals surface area contributed by atoms with Gasteiger partial charge in [-0.25, -0.2) is 4.79 Å². The summed E-state index contributed by atoms with van der Waals surface area (Å²) in [6, 6.07) is 0.910. The fraction of sp³-hybridized carbons (Fsp3) is 0.917. The number of fused-ring (bicyclic) bond motifs is 2. The largest absolute Gasteiger partial charge is 0.444 e. The maximum atomic E-state index is 11.9. The summed E-state index contributed by atoms with van der Waals surface area (Å²) in [4.78, 5) is 13.8. The highest BCUT2D eigenvalue weighted by Crippen LogP contribution is 2.26. The average Bonchev–Trinajstić information content (AvgIpc) is 2.37. The molecule has 0 saturated carbocycles. The number of likely N-dealkylation sites (tertiary alicyclic amines) is 1. The summed E-state index contributed by atoms with van der Waals surface area (Å²) < 4.78 is 5.40. The van der Waals surface area contributed by atoms with Crippen LogP contribution in [-0.4, -0.2) is 41.8 Å². The van der Waals surface area contributed by atoms with Crippen molar-refractivity contribution in [3.63, 3.8) is 0 Å². The van der Waals surface area contributed by atoms with Gasteiger partial charge in [0.15, 0.2) is 0 Å². The normalized spacial score (nSPS) is 34.0. The number of amides is 1. The Morgan fingerprint density at radius 2 is 2.06 bits per heavy atom. The number of ether oxygens (including phenoxy) is 1. The van der Waals surface area contributed by atoms with E-state index in [0.717, 1.165) is 13.1 Å². The number of carbonyl (C=O) groups excluding carboxylic acids is 1. The zero-order valence-electron chi connectivity index (χ0n) is 10.6. The minimum Gasteiger partial charge on any atom is -0.444 e.